The summed E-state index contributed by atoms with van der Waals surface area (Å²) in [5.74, 6) is -0.366. The SMILES string of the molecule is C/C(=N\NC(=O)c1cc(Cl)nc(N/N=C(\C)c2ccc([N+](=O)[O-])cc2)c1)c1ccc([N+](=O)[O-])cc1. The Morgan fingerprint density at radius 3 is 1.80 bits per heavy atom. The van der Waals surface area contributed by atoms with Gasteiger partial charge in [0.2, 0.25) is 0 Å². The number of nitrogens with one attached hydrogen (secondary N) is 2. The number of carbonyl (C=O) groups is 1. The molecule has 0 bridgehead atoms. The molecule has 0 aliphatic heterocycles. The zero-order valence-corrected chi connectivity index (χ0v) is 19.2. The van der Waals surface area contributed by atoms with Crippen LogP contribution in [-0.2, 0) is 0 Å². The number of non-ortho nitro benzene ring substituents is 2. The fourth-order valence-corrected chi connectivity index (χ4v) is 3.01. The molecule has 2 N–H and O–H groups in total. The van der Waals surface area contributed by atoms with E-state index in [2.05, 4.69) is 26.0 Å². The van der Waals surface area contributed by atoms with Crippen LogP contribution >= 0.6 is 11.6 Å². The number of amides is 1. The molecule has 13 heteroatoms. The van der Waals surface area contributed by atoms with E-state index in [9.17, 15) is 25.0 Å². The van der Waals surface area contributed by atoms with Gasteiger partial charge in [0.15, 0.2) is 0 Å². The summed E-state index contributed by atoms with van der Waals surface area (Å²) < 4.78 is 0. The Morgan fingerprint density at radius 1 is 0.829 bits per heavy atom. The third-order valence-corrected chi connectivity index (χ3v) is 4.91. The summed E-state index contributed by atoms with van der Waals surface area (Å²) >= 11 is 6.04. The highest BCUT2D eigenvalue weighted by atomic mass is 35.5. The molecule has 178 valence electrons. The first-order valence-corrected chi connectivity index (χ1v) is 10.3. The minimum Gasteiger partial charge on any atom is -0.267 e. The van der Waals surface area contributed by atoms with Crippen molar-refractivity contribution in [2.45, 2.75) is 13.8 Å². The standard InChI is InChI=1S/C22H18ClN7O5/c1-13(15-3-7-18(8-4-15)29(32)33)25-27-21-12-17(11-20(23)24-21)22(31)28-26-14(2)16-5-9-19(10-6-16)30(34)35/h3-12H,1-2H3,(H,24,27)(H,28,31)/b25-13+,26-14+. The van der Waals surface area contributed by atoms with Crippen molar-refractivity contribution < 1.29 is 14.6 Å². The van der Waals surface area contributed by atoms with Gasteiger partial charge >= 0.3 is 0 Å². The largest absolute Gasteiger partial charge is 0.271 e. The number of hydrogen-bond donors (Lipinski definition) is 2. The summed E-state index contributed by atoms with van der Waals surface area (Å²) in [6.45, 7) is 3.34. The van der Waals surface area contributed by atoms with Gasteiger partial charge in [0.05, 0.1) is 21.3 Å². The lowest BCUT2D eigenvalue weighted by Crippen LogP contribution is -2.19. The Bertz CT molecular complexity index is 1340. The third-order valence-electron chi connectivity index (χ3n) is 4.71. The van der Waals surface area contributed by atoms with Crippen LogP contribution in [0.1, 0.15) is 35.3 Å². The topological polar surface area (TPSA) is 165 Å². The molecule has 0 unspecified atom stereocenters. The molecule has 0 saturated heterocycles. The van der Waals surface area contributed by atoms with Crippen molar-refractivity contribution in [1.29, 1.82) is 0 Å². The second-order valence-corrected chi connectivity index (χ2v) is 7.51. The number of carbonyl (C=O) groups excluding carboxylic acids is 1. The highest BCUT2D eigenvalue weighted by Crippen LogP contribution is 2.17. The Hall–Kier alpha value is -4.71. The first-order chi connectivity index (χ1) is 16.6. The summed E-state index contributed by atoms with van der Waals surface area (Å²) in [7, 11) is 0. The fraction of sp³-hybridized carbons (Fsp3) is 0.0909. The van der Waals surface area contributed by atoms with Crippen molar-refractivity contribution in [3.8, 4) is 0 Å². The van der Waals surface area contributed by atoms with E-state index in [-0.39, 0.29) is 27.9 Å². The van der Waals surface area contributed by atoms with Gasteiger partial charge in [-0.05, 0) is 61.4 Å². The van der Waals surface area contributed by atoms with Crippen LogP contribution in [0.2, 0.25) is 5.15 Å². The van der Waals surface area contributed by atoms with E-state index in [0.29, 0.717) is 22.6 Å². The second-order valence-electron chi connectivity index (χ2n) is 7.12. The molecule has 3 aromatic rings. The summed E-state index contributed by atoms with van der Waals surface area (Å²) in [5.41, 5.74) is 7.40. The molecule has 0 spiro atoms. The molecule has 12 nitrogen and oxygen atoms in total. The van der Waals surface area contributed by atoms with E-state index in [1.807, 2.05) is 0 Å². The number of nitro benzene ring substituents is 2. The first-order valence-electron chi connectivity index (χ1n) is 9.96. The van der Waals surface area contributed by atoms with Crippen LogP contribution in [0.3, 0.4) is 0 Å². The maximum Gasteiger partial charge on any atom is 0.271 e. The van der Waals surface area contributed by atoms with Gasteiger partial charge in [-0.3, -0.25) is 30.4 Å². The van der Waals surface area contributed by atoms with Crippen molar-refractivity contribution in [3.05, 3.63) is 103 Å². The number of rotatable bonds is 8. The molecule has 0 saturated carbocycles. The van der Waals surface area contributed by atoms with E-state index in [1.54, 1.807) is 26.0 Å². The summed E-state index contributed by atoms with van der Waals surface area (Å²) in [6, 6.07) is 14.4. The van der Waals surface area contributed by atoms with Crippen molar-refractivity contribution in [3.63, 3.8) is 0 Å². The molecule has 2 aromatic carbocycles. The average molecular weight is 496 g/mol. The maximum absolute atomic E-state index is 12.6. The smallest absolute Gasteiger partial charge is 0.267 e. The number of halogens is 1. The number of nitrogens with zero attached hydrogens (tertiary/aromatic N) is 5. The molecule has 35 heavy (non-hydrogen) atoms. The fourth-order valence-electron chi connectivity index (χ4n) is 2.80. The Kier molecular flexibility index (Phi) is 7.79. The van der Waals surface area contributed by atoms with Crippen LogP contribution < -0.4 is 10.9 Å². The van der Waals surface area contributed by atoms with E-state index in [4.69, 9.17) is 11.6 Å². The molecule has 0 aliphatic carbocycles. The predicted molar refractivity (Wildman–Crippen MR) is 131 cm³/mol. The number of hydrogen-bond acceptors (Lipinski definition) is 9. The van der Waals surface area contributed by atoms with Gasteiger partial charge in [-0.2, -0.15) is 10.2 Å². The van der Waals surface area contributed by atoms with E-state index in [0.717, 1.165) is 0 Å². The van der Waals surface area contributed by atoms with Gasteiger partial charge in [-0.1, -0.05) is 11.6 Å². The van der Waals surface area contributed by atoms with Crippen molar-refractivity contribution >= 4 is 46.1 Å². The molecular weight excluding hydrogens is 478 g/mol. The van der Waals surface area contributed by atoms with Crippen LogP contribution in [0.15, 0.2) is 70.9 Å². The second kappa shape index (κ2) is 10.9. The number of hydrazone groups is 2. The maximum atomic E-state index is 12.6. The molecular formula is C22H18ClN7O5. The highest BCUT2D eigenvalue weighted by molar-refractivity contribution is 6.30. The first kappa shape index (κ1) is 24.9. The normalized spacial score (nSPS) is 11.6. The van der Waals surface area contributed by atoms with Gasteiger partial charge in [-0.15, -0.1) is 0 Å². The molecule has 1 heterocycles. The molecule has 0 radical (unpaired) electrons. The lowest BCUT2D eigenvalue weighted by atomic mass is 10.1. The summed E-state index contributed by atoms with van der Waals surface area (Å²) in [4.78, 5) is 37.2. The number of anilines is 1. The number of pyridine rings is 1. The molecule has 0 fully saturated rings. The summed E-state index contributed by atoms with van der Waals surface area (Å²) in [5, 5.41) is 29.8. The van der Waals surface area contributed by atoms with Crippen LogP contribution in [0, 0.1) is 20.2 Å². The molecule has 1 aromatic heterocycles. The zero-order valence-electron chi connectivity index (χ0n) is 18.4. The summed E-state index contributed by atoms with van der Waals surface area (Å²) in [6.07, 6.45) is 0. The van der Waals surface area contributed by atoms with Crippen molar-refractivity contribution in [2.75, 3.05) is 5.43 Å². The Balaban J connectivity index is 1.70. The minimum atomic E-state index is -0.560. The van der Waals surface area contributed by atoms with Gasteiger partial charge in [-0.25, -0.2) is 10.4 Å². The molecule has 3 rings (SSSR count). The number of benzene rings is 2. The Labute approximate surface area is 203 Å². The average Bonchev–Trinajstić information content (AvgIpc) is 2.85. The van der Waals surface area contributed by atoms with Gasteiger partial charge in [0.1, 0.15) is 11.0 Å². The van der Waals surface area contributed by atoms with Crippen LogP contribution in [0.4, 0.5) is 17.2 Å². The van der Waals surface area contributed by atoms with E-state index >= 15 is 0 Å². The quantitative estimate of drug-likeness (QED) is 0.200. The predicted octanol–water partition coefficient (Wildman–Crippen LogP) is 4.54. The lowest BCUT2D eigenvalue weighted by Gasteiger charge is -2.07. The minimum absolute atomic E-state index is 0.0341. The zero-order chi connectivity index (χ0) is 25.5. The number of nitro groups is 2. The van der Waals surface area contributed by atoms with Crippen LogP contribution in [-0.4, -0.2) is 32.2 Å². The van der Waals surface area contributed by atoms with Crippen molar-refractivity contribution in [2.24, 2.45) is 10.2 Å². The monoisotopic (exact) mass is 495 g/mol. The highest BCUT2D eigenvalue weighted by Gasteiger charge is 2.11. The molecule has 0 aliphatic rings. The van der Waals surface area contributed by atoms with Gasteiger partial charge < -0.3 is 0 Å². The molecule has 0 atom stereocenters. The van der Waals surface area contributed by atoms with E-state index in [1.165, 1.54) is 48.5 Å². The van der Waals surface area contributed by atoms with Crippen molar-refractivity contribution in [1.82, 2.24) is 10.4 Å². The molecule has 1 amide bonds. The van der Waals surface area contributed by atoms with E-state index < -0.39 is 15.8 Å². The Morgan fingerprint density at radius 2 is 1.31 bits per heavy atom. The van der Waals surface area contributed by atoms with Crippen LogP contribution in [0.5, 0.6) is 0 Å². The van der Waals surface area contributed by atoms with Gasteiger partial charge in [0, 0.05) is 29.8 Å². The lowest BCUT2D eigenvalue weighted by molar-refractivity contribution is -0.385. The third kappa shape index (κ3) is 6.65. The number of aromatic nitrogens is 1. The van der Waals surface area contributed by atoms with Gasteiger partial charge in [0.25, 0.3) is 17.3 Å². The van der Waals surface area contributed by atoms with Crippen LogP contribution in [0.25, 0.3) is 0 Å².